The van der Waals surface area contributed by atoms with Gasteiger partial charge in [0.15, 0.2) is 11.5 Å². The number of aliphatic hydroxyl groups is 1. The molecule has 0 spiro atoms. The van der Waals surface area contributed by atoms with E-state index >= 15 is 0 Å². The summed E-state index contributed by atoms with van der Waals surface area (Å²) in [5, 5.41) is 17.1. The Kier molecular flexibility index (Phi) is 6.63. The summed E-state index contributed by atoms with van der Waals surface area (Å²) in [4.78, 5) is 25.2. The van der Waals surface area contributed by atoms with Crippen LogP contribution in [0.2, 0.25) is 0 Å². The third-order valence-electron chi connectivity index (χ3n) is 7.02. The van der Waals surface area contributed by atoms with Crippen LogP contribution in [0.4, 0.5) is 30.5 Å². The molecule has 3 atom stereocenters. The summed E-state index contributed by atoms with van der Waals surface area (Å²) in [6.07, 6.45) is 2.02. The highest BCUT2D eigenvalue weighted by Gasteiger charge is 2.36. The standard InChI is InChI=1S/C26H23BrF3N7O2/c27-19-9-16(35-6-5-17(38)13-35)10-32-25(19)26(39)33-24-11-31-22-3-4-23(34-37(22)24)36-12-15(29)8-21(36)18-7-14(28)1-2-20(18)30/h1-4,7,9-11,15,17,21,38H,5-6,8,12-13H2,(H,33,39)/t15-,17-,21+/m0/s1. The number of alkyl halides is 1. The van der Waals surface area contributed by atoms with Crippen molar-refractivity contribution in [3.8, 4) is 0 Å². The van der Waals surface area contributed by atoms with Crippen LogP contribution in [-0.4, -0.2) is 62.5 Å². The minimum absolute atomic E-state index is 0.0142. The first-order valence-electron chi connectivity index (χ1n) is 12.4. The second-order valence-corrected chi connectivity index (χ2v) is 10.5. The number of fused-ring (bicyclic) bond motifs is 1. The predicted octanol–water partition coefficient (Wildman–Crippen LogP) is 4.28. The summed E-state index contributed by atoms with van der Waals surface area (Å²) in [6, 6.07) is 7.43. The predicted molar refractivity (Wildman–Crippen MR) is 142 cm³/mol. The van der Waals surface area contributed by atoms with E-state index in [4.69, 9.17) is 0 Å². The minimum atomic E-state index is -1.26. The summed E-state index contributed by atoms with van der Waals surface area (Å²) >= 11 is 3.42. The average molecular weight is 602 g/mol. The normalized spacial score (nSPS) is 21.2. The van der Waals surface area contributed by atoms with E-state index in [2.05, 4.69) is 36.3 Å². The molecule has 1 aromatic carbocycles. The summed E-state index contributed by atoms with van der Waals surface area (Å²) in [7, 11) is 0. The van der Waals surface area contributed by atoms with Crippen molar-refractivity contribution in [3.05, 3.63) is 76.2 Å². The molecule has 3 aromatic heterocycles. The van der Waals surface area contributed by atoms with Gasteiger partial charge in [0.2, 0.25) is 0 Å². The summed E-state index contributed by atoms with van der Waals surface area (Å²) < 4.78 is 44.8. The van der Waals surface area contributed by atoms with Crippen molar-refractivity contribution in [2.45, 2.75) is 31.2 Å². The van der Waals surface area contributed by atoms with Gasteiger partial charge in [-0.25, -0.2) is 23.1 Å². The van der Waals surface area contributed by atoms with Gasteiger partial charge in [-0.15, -0.1) is 5.10 Å². The third kappa shape index (κ3) is 4.91. The number of amides is 1. The highest BCUT2D eigenvalue weighted by molar-refractivity contribution is 9.10. The van der Waals surface area contributed by atoms with Gasteiger partial charge in [-0.2, -0.15) is 4.52 Å². The first kappa shape index (κ1) is 25.6. The molecule has 6 rings (SSSR count). The van der Waals surface area contributed by atoms with Crippen LogP contribution in [0.5, 0.6) is 0 Å². The number of carbonyl (C=O) groups excluding carboxylic acids is 1. The number of nitrogens with one attached hydrogen (secondary N) is 1. The first-order chi connectivity index (χ1) is 18.8. The Balaban J connectivity index is 1.26. The number of carbonyl (C=O) groups is 1. The van der Waals surface area contributed by atoms with E-state index in [0.717, 1.165) is 23.9 Å². The van der Waals surface area contributed by atoms with Gasteiger partial charge < -0.3 is 20.2 Å². The molecule has 4 aromatic rings. The lowest BCUT2D eigenvalue weighted by atomic mass is 10.0. The molecule has 0 bridgehead atoms. The number of benzene rings is 1. The molecule has 13 heteroatoms. The number of hydrogen-bond acceptors (Lipinski definition) is 7. The fourth-order valence-corrected chi connectivity index (χ4v) is 5.64. The van der Waals surface area contributed by atoms with Crippen LogP contribution in [0.25, 0.3) is 5.65 Å². The van der Waals surface area contributed by atoms with Gasteiger partial charge in [0.1, 0.15) is 29.3 Å². The molecule has 2 saturated heterocycles. The van der Waals surface area contributed by atoms with Gasteiger partial charge in [0, 0.05) is 25.1 Å². The molecule has 0 radical (unpaired) electrons. The zero-order valence-electron chi connectivity index (χ0n) is 20.4. The molecule has 9 nitrogen and oxygen atoms in total. The maximum Gasteiger partial charge on any atom is 0.276 e. The van der Waals surface area contributed by atoms with Gasteiger partial charge in [-0.1, -0.05) is 0 Å². The van der Waals surface area contributed by atoms with E-state index in [9.17, 15) is 23.1 Å². The Morgan fingerprint density at radius 1 is 1.10 bits per heavy atom. The van der Waals surface area contributed by atoms with Crippen molar-refractivity contribution in [2.24, 2.45) is 0 Å². The lowest BCUT2D eigenvalue weighted by Gasteiger charge is -2.26. The molecule has 2 fully saturated rings. The van der Waals surface area contributed by atoms with Crippen molar-refractivity contribution >= 4 is 44.8 Å². The SMILES string of the molecule is O=C(Nc1cnc2ccc(N3C[C@@H](F)C[C@@H]3c3cc(F)ccc3F)nn12)c1ncc(N2CC[C@H](O)C2)cc1Br. The summed E-state index contributed by atoms with van der Waals surface area (Å²) in [5.74, 6) is -1.17. The van der Waals surface area contributed by atoms with Crippen LogP contribution in [-0.2, 0) is 0 Å². The summed E-state index contributed by atoms with van der Waals surface area (Å²) in [6.45, 7) is 1.15. The van der Waals surface area contributed by atoms with Crippen molar-refractivity contribution in [1.29, 1.82) is 0 Å². The number of β-amino-alcohol motifs (C(OH)–C–C–N with tert-alkyl or cyclic N) is 1. The molecule has 0 saturated carbocycles. The van der Waals surface area contributed by atoms with Crippen LogP contribution in [0, 0.1) is 11.6 Å². The number of rotatable bonds is 5. The minimum Gasteiger partial charge on any atom is -0.391 e. The molecule has 0 aliphatic carbocycles. The van der Waals surface area contributed by atoms with E-state index in [-0.39, 0.29) is 30.0 Å². The maximum absolute atomic E-state index is 14.5. The van der Waals surface area contributed by atoms with Crippen LogP contribution in [0.3, 0.4) is 0 Å². The van der Waals surface area contributed by atoms with Gasteiger partial charge in [0.25, 0.3) is 5.91 Å². The maximum atomic E-state index is 14.5. The van der Waals surface area contributed by atoms with Gasteiger partial charge in [-0.05, 0) is 58.7 Å². The van der Waals surface area contributed by atoms with Crippen LogP contribution in [0.1, 0.15) is 34.9 Å². The fourth-order valence-electron chi connectivity index (χ4n) is 5.12. The molecule has 1 amide bonds. The number of anilines is 3. The van der Waals surface area contributed by atoms with Crippen molar-refractivity contribution in [2.75, 3.05) is 34.8 Å². The number of imidazole rings is 1. The van der Waals surface area contributed by atoms with E-state index in [0.29, 0.717) is 35.4 Å². The Hall–Kier alpha value is -3.71. The summed E-state index contributed by atoms with van der Waals surface area (Å²) in [5.41, 5.74) is 1.41. The van der Waals surface area contributed by atoms with Crippen LogP contribution in [0.15, 0.2) is 53.3 Å². The zero-order chi connectivity index (χ0) is 27.3. The van der Waals surface area contributed by atoms with Crippen LogP contribution < -0.4 is 15.1 Å². The molecule has 5 heterocycles. The molecular weight excluding hydrogens is 579 g/mol. The molecular formula is C26H23BrF3N7O2. The van der Waals surface area contributed by atoms with Gasteiger partial charge >= 0.3 is 0 Å². The molecule has 2 aliphatic rings. The number of aromatic nitrogens is 4. The molecule has 39 heavy (non-hydrogen) atoms. The Bertz CT molecular complexity index is 1570. The monoisotopic (exact) mass is 601 g/mol. The fraction of sp³-hybridized carbons (Fsp3) is 0.308. The topological polar surface area (TPSA) is 98.9 Å². The number of pyridine rings is 1. The Morgan fingerprint density at radius 2 is 1.95 bits per heavy atom. The average Bonchev–Trinajstić information content (AvgIpc) is 3.63. The number of nitrogens with zero attached hydrogens (tertiary/aromatic N) is 6. The second-order valence-electron chi connectivity index (χ2n) is 9.64. The lowest BCUT2D eigenvalue weighted by molar-refractivity contribution is 0.102. The zero-order valence-corrected chi connectivity index (χ0v) is 22.0. The van der Waals surface area contributed by atoms with Gasteiger partial charge in [-0.3, -0.25) is 4.79 Å². The first-order valence-corrected chi connectivity index (χ1v) is 13.2. The Labute approximate surface area is 229 Å². The van der Waals surface area contributed by atoms with E-state index in [1.54, 1.807) is 29.3 Å². The Morgan fingerprint density at radius 3 is 2.72 bits per heavy atom. The van der Waals surface area contributed by atoms with E-state index in [1.807, 2.05) is 4.90 Å². The van der Waals surface area contributed by atoms with Crippen molar-refractivity contribution < 1.29 is 23.1 Å². The quantitative estimate of drug-likeness (QED) is 0.352. The molecule has 202 valence electrons. The smallest absolute Gasteiger partial charge is 0.276 e. The van der Waals surface area contributed by atoms with Crippen molar-refractivity contribution in [3.63, 3.8) is 0 Å². The van der Waals surface area contributed by atoms with E-state index in [1.165, 1.54) is 10.7 Å². The molecule has 2 aliphatic heterocycles. The highest BCUT2D eigenvalue weighted by Crippen LogP contribution is 2.38. The van der Waals surface area contributed by atoms with Crippen LogP contribution >= 0.6 is 15.9 Å². The number of aliphatic hydroxyl groups excluding tert-OH is 1. The van der Waals surface area contributed by atoms with E-state index < -0.39 is 35.9 Å². The lowest BCUT2D eigenvalue weighted by Crippen LogP contribution is -2.26. The third-order valence-corrected chi connectivity index (χ3v) is 7.63. The van der Waals surface area contributed by atoms with Crippen molar-refractivity contribution in [1.82, 2.24) is 19.6 Å². The number of hydrogen-bond donors (Lipinski definition) is 2. The largest absolute Gasteiger partial charge is 0.391 e. The van der Waals surface area contributed by atoms with Gasteiger partial charge in [0.05, 0.1) is 41.2 Å². The molecule has 0 unspecified atom stereocenters. The number of halogens is 4. The molecule has 2 N–H and O–H groups in total. The highest BCUT2D eigenvalue weighted by atomic mass is 79.9. The second kappa shape index (κ2) is 10.1.